The fraction of sp³-hybridized carbons (Fsp3) is 0.0476. The van der Waals surface area contributed by atoms with Crippen LogP contribution in [0, 0.1) is 17.1 Å². The van der Waals surface area contributed by atoms with Crippen molar-refractivity contribution < 1.29 is 17.6 Å². The fourth-order valence-corrected chi connectivity index (χ4v) is 3.62. The summed E-state index contributed by atoms with van der Waals surface area (Å²) < 4.78 is 40.0. The average Bonchev–Trinajstić information content (AvgIpc) is 3.11. The number of hydrogen-bond donors (Lipinski definition) is 1. The molecule has 0 aliphatic rings. The van der Waals surface area contributed by atoms with Crippen molar-refractivity contribution in [2.24, 2.45) is 0 Å². The van der Waals surface area contributed by atoms with Gasteiger partial charge in [0, 0.05) is 28.9 Å². The molecule has 0 saturated heterocycles. The number of hydrogen-bond acceptors (Lipinski definition) is 6. The first-order valence-electron chi connectivity index (χ1n) is 8.92. The second kappa shape index (κ2) is 7.62. The normalized spacial score (nSPS) is 11.3. The van der Waals surface area contributed by atoms with E-state index in [0.29, 0.717) is 27.8 Å². The minimum absolute atomic E-state index is 0.000661. The van der Waals surface area contributed by atoms with E-state index in [4.69, 9.17) is 0 Å². The van der Waals surface area contributed by atoms with Crippen LogP contribution in [0.2, 0.25) is 0 Å². The van der Waals surface area contributed by atoms with Crippen LogP contribution in [0.1, 0.15) is 15.9 Å². The number of pyridine rings is 1. The Labute approximate surface area is 176 Å². The molecule has 31 heavy (non-hydrogen) atoms. The van der Waals surface area contributed by atoms with E-state index < -0.39 is 21.7 Å². The van der Waals surface area contributed by atoms with E-state index in [1.807, 2.05) is 10.8 Å². The van der Waals surface area contributed by atoms with E-state index in [1.54, 1.807) is 30.6 Å². The minimum Gasteiger partial charge on any atom is -0.268 e. The van der Waals surface area contributed by atoms with Gasteiger partial charge in [0.05, 0.1) is 23.0 Å². The average molecular weight is 435 g/mol. The van der Waals surface area contributed by atoms with Gasteiger partial charge in [0.25, 0.3) is 5.91 Å². The lowest BCUT2D eigenvalue weighted by Gasteiger charge is -2.08. The molecule has 0 aliphatic heterocycles. The largest absolute Gasteiger partial charge is 0.268 e. The number of halogens is 1. The SMILES string of the molecule is CS(=O)(=O)NC(=O)c1ccc(-n2nc(-c3cccnc3)c3cc(F)ccc32)c(C#N)c1. The molecule has 0 saturated carbocycles. The Bertz CT molecular complexity index is 1470. The van der Waals surface area contributed by atoms with Crippen LogP contribution < -0.4 is 4.72 Å². The van der Waals surface area contributed by atoms with Crippen LogP contribution in [0.5, 0.6) is 0 Å². The number of rotatable bonds is 4. The third-order valence-corrected chi connectivity index (χ3v) is 5.02. The molecule has 0 bridgehead atoms. The molecule has 10 heteroatoms. The summed E-state index contributed by atoms with van der Waals surface area (Å²) in [6.07, 6.45) is 4.07. The molecule has 0 radical (unpaired) electrons. The maximum atomic E-state index is 14.0. The first kappa shape index (κ1) is 20.2. The fourth-order valence-electron chi connectivity index (χ4n) is 3.17. The van der Waals surface area contributed by atoms with E-state index in [2.05, 4.69) is 10.1 Å². The van der Waals surface area contributed by atoms with E-state index in [0.717, 1.165) is 6.26 Å². The lowest BCUT2D eigenvalue weighted by atomic mass is 10.1. The van der Waals surface area contributed by atoms with Gasteiger partial charge in [-0.1, -0.05) is 0 Å². The third-order valence-electron chi connectivity index (χ3n) is 4.46. The van der Waals surface area contributed by atoms with E-state index >= 15 is 0 Å². The number of nitrogens with one attached hydrogen (secondary N) is 1. The van der Waals surface area contributed by atoms with Gasteiger partial charge in [-0.25, -0.2) is 22.2 Å². The zero-order valence-corrected chi connectivity index (χ0v) is 16.9. The molecule has 1 N–H and O–H groups in total. The monoisotopic (exact) mass is 435 g/mol. The van der Waals surface area contributed by atoms with Gasteiger partial charge in [0.2, 0.25) is 10.0 Å². The number of nitriles is 1. The summed E-state index contributed by atoms with van der Waals surface area (Å²) in [5.41, 5.74) is 2.13. The number of carbonyl (C=O) groups excluding carboxylic acids is 1. The van der Waals surface area contributed by atoms with E-state index in [9.17, 15) is 22.9 Å². The first-order chi connectivity index (χ1) is 14.8. The van der Waals surface area contributed by atoms with E-state index in [1.165, 1.54) is 35.0 Å². The van der Waals surface area contributed by atoms with Crippen LogP contribution in [0.15, 0.2) is 60.9 Å². The van der Waals surface area contributed by atoms with Crippen LogP contribution in [0.4, 0.5) is 4.39 Å². The van der Waals surface area contributed by atoms with E-state index in [-0.39, 0.29) is 11.1 Å². The zero-order valence-electron chi connectivity index (χ0n) is 16.1. The maximum absolute atomic E-state index is 14.0. The van der Waals surface area contributed by atoms with Crippen LogP contribution in [0.3, 0.4) is 0 Å². The van der Waals surface area contributed by atoms with Gasteiger partial charge in [-0.3, -0.25) is 9.78 Å². The summed E-state index contributed by atoms with van der Waals surface area (Å²) in [7, 11) is -3.75. The van der Waals surface area contributed by atoms with Crippen molar-refractivity contribution in [1.29, 1.82) is 5.26 Å². The molecule has 0 unspecified atom stereocenters. The highest BCUT2D eigenvalue weighted by atomic mass is 32.2. The Hall–Kier alpha value is -4.10. The second-order valence-electron chi connectivity index (χ2n) is 6.71. The number of amides is 1. The molecule has 4 aromatic rings. The molecule has 0 spiro atoms. The molecule has 2 aromatic carbocycles. The number of carbonyl (C=O) groups is 1. The van der Waals surface area contributed by atoms with Crippen molar-refractivity contribution in [2.45, 2.75) is 0 Å². The standard InChI is InChI=1S/C21H14FN5O3S/c1-31(29,30)26-21(28)13-4-6-18(15(9-13)11-23)27-19-7-5-16(22)10-17(19)20(25-27)14-3-2-8-24-12-14/h2-10,12H,1H3,(H,26,28). The summed E-state index contributed by atoms with van der Waals surface area (Å²) in [5, 5.41) is 14.7. The van der Waals surface area contributed by atoms with Crippen molar-refractivity contribution in [3.63, 3.8) is 0 Å². The van der Waals surface area contributed by atoms with Crippen molar-refractivity contribution in [3.8, 4) is 23.0 Å². The molecule has 2 heterocycles. The molecule has 0 fully saturated rings. The van der Waals surface area contributed by atoms with Gasteiger partial charge in [0.15, 0.2) is 0 Å². The van der Waals surface area contributed by atoms with Gasteiger partial charge < -0.3 is 0 Å². The predicted octanol–water partition coefficient (Wildman–Crippen LogP) is 2.79. The summed E-state index contributed by atoms with van der Waals surface area (Å²) in [6.45, 7) is 0. The highest BCUT2D eigenvalue weighted by Gasteiger charge is 2.19. The Morgan fingerprint density at radius 1 is 1.19 bits per heavy atom. The lowest BCUT2D eigenvalue weighted by molar-refractivity contribution is 0.0981. The third kappa shape index (κ3) is 3.99. The van der Waals surface area contributed by atoms with Crippen molar-refractivity contribution in [1.82, 2.24) is 19.5 Å². The Morgan fingerprint density at radius 2 is 2.00 bits per heavy atom. The molecule has 0 aliphatic carbocycles. The molecule has 2 aromatic heterocycles. The van der Waals surface area contributed by atoms with Crippen molar-refractivity contribution >= 4 is 26.8 Å². The van der Waals surface area contributed by atoms with Crippen LogP contribution in [-0.2, 0) is 10.0 Å². The Kier molecular flexibility index (Phi) is 4.96. The number of benzene rings is 2. The Balaban J connectivity index is 1.90. The number of fused-ring (bicyclic) bond motifs is 1. The highest BCUT2D eigenvalue weighted by Crippen LogP contribution is 2.31. The van der Waals surface area contributed by atoms with Crippen LogP contribution in [-0.4, -0.2) is 35.3 Å². The summed E-state index contributed by atoms with van der Waals surface area (Å²) in [4.78, 5) is 16.2. The van der Waals surface area contributed by atoms with Crippen molar-refractivity contribution in [3.05, 3.63) is 77.9 Å². The summed E-state index contributed by atoms with van der Waals surface area (Å²) in [6, 6.07) is 13.8. The zero-order chi connectivity index (χ0) is 22.2. The van der Waals surface area contributed by atoms with Gasteiger partial charge >= 0.3 is 0 Å². The minimum atomic E-state index is -3.75. The maximum Gasteiger partial charge on any atom is 0.264 e. The molecule has 4 rings (SSSR count). The smallest absolute Gasteiger partial charge is 0.264 e. The van der Waals surface area contributed by atoms with Crippen LogP contribution in [0.25, 0.3) is 27.8 Å². The quantitative estimate of drug-likeness (QED) is 0.527. The highest BCUT2D eigenvalue weighted by molar-refractivity contribution is 7.89. The lowest BCUT2D eigenvalue weighted by Crippen LogP contribution is -2.29. The number of nitrogens with zero attached hydrogens (tertiary/aromatic N) is 4. The molecule has 8 nitrogen and oxygen atoms in total. The van der Waals surface area contributed by atoms with Gasteiger partial charge in [0.1, 0.15) is 17.6 Å². The molecule has 0 atom stereocenters. The van der Waals surface area contributed by atoms with Gasteiger partial charge in [-0.05, 0) is 48.5 Å². The predicted molar refractivity (Wildman–Crippen MR) is 111 cm³/mol. The second-order valence-corrected chi connectivity index (χ2v) is 8.46. The molecular formula is C21H14FN5O3S. The molecule has 154 valence electrons. The van der Waals surface area contributed by atoms with Gasteiger partial charge in [-0.2, -0.15) is 10.4 Å². The molecule has 1 amide bonds. The number of sulfonamides is 1. The number of aromatic nitrogens is 3. The Morgan fingerprint density at radius 3 is 2.68 bits per heavy atom. The van der Waals surface area contributed by atoms with Gasteiger partial charge in [-0.15, -0.1) is 0 Å². The first-order valence-corrected chi connectivity index (χ1v) is 10.8. The van der Waals surface area contributed by atoms with Crippen LogP contribution >= 0.6 is 0 Å². The molecular weight excluding hydrogens is 421 g/mol. The van der Waals surface area contributed by atoms with Crippen molar-refractivity contribution in [2.75, 3.05) is 6.26 Å². The summed E-state index contributed by atoms with van der Waals surface area (Å²) >= 11 is 0. The topological polar surface area (TPSA) is 118 Å². The summed E-state index contributed by atoms with van der Waals surface area (Å²) in [5.74, 6) is -1.29.